The molecule has 3 nitrogen and oxygen atoms in total. The number of hydrogen-bond donors (Lipinski definition) is 0. The Balaban J connectivity index is 1.95. The Kier molecular flexibility index (Phi) is 4.53. The summed E-state index contributed by atoms with van der Waals surface area (Å²) in [6.07, 6.45) is 3.68. The summed E-state index contributed by atoms with van der Waals surface area (Å²) in [6, 6.07) is 17.7. The molecular formula is C19H14BrNO2. The van der Waals surface area contributed by atoms with Crippen molar-refractivity contribution >= 4 is 33.7 Å². The van der Waals surface area contributed by atoms with E-state index in [4.69, 9.17) is 4.84 Å². The van der Waals surface area contributed by atoms with E-state index in [0.29, 0.717) is 11.3 Å². The lowest BCUT2D eigenvalue weighted by Gasteiger charge is -2.02. The first-order valence-corrected chi connectivity index (χ1v) is 7.93. The highest BCUT2D eigenvalue weighted by molar-refractivity contribution is 9.12. The average molecular weight is 368 g/mol. The summed E-state index contributed by atoms with van der Waals surface area (Å²) in [4.78, 5) is 16.8. The summed E-state index contributed by atoms with van der Waals surface area (Å²) >= 11 is 3.49. The Morgan fingerprint density at radius 3 is 2.65 bits per heavy atom. The second-order valence-electron chi connectivity index (χ2n) is 5.19. The number of hydrogen-bond acceptors (Lipinski definition) is 3. The Morgan fingerprint density at radius 1 is 1.13 bits per heavy atom. The molecule has 0 bridgehead atoms. The summed E-state index contributed by atoms with van der Waals surface area (Å²) in [5.74, 6) is -0.445. The minimum Gasteiger partial charge on any atom is -0.312 e. The molecule has 0 N–H and O–H groups in total. The van der Waals surface area contributed by atoms with Gasteiger partial charge in [0.15, 0.2) is 0 Å². The molecule has 0 amide bonds. The van der Waals surface area contributed by atoms with Crippen LogP contribution < -0.4 is 0 Å². The molecule has 0 fully saturated rings. The lowest BCUT2D eigenvalue weighted by atomic mass is 10.0. The molecule has 4 heteroatoms. The van der Waals surface area contributed by atoms with Crippen LogP contribution in [0.1, 0.15) is 16.7 Å². The number of carbonyl (C=O) groups is 1. The maximum atomic E-state index is 12.0. The van der Waals surface area contributed by atoms with Crippen molar-refractivity contribution in [3.63, 3.8) is 0 Å². The van der Waals surface area contributed by atoms with Crippen molar-refractivity contribution in [1.29, 1.82) is 0 Å². The second-order valence-corrected chi connectivity index (χ2v) is 6.10. The van der Waals surface area contributed by atoms with E-state index in [2.05, 4.69) is 21.1 Å². The van der Waals surface area contributed by atoms with Crippen LogP contribution >= 0.6 is 15.9 Å². The minimum atomic E-state index is -0.445. The normalized spacial score (nSPS) is 16.4. The van der Waals surface area contributed by atoms with Crippen LogP contribution in [0.3, 0.4) is 0 Å². The fraction of sp³-hybridized carbons (Fsp3) is 0.0526. The third kappa shape index (κ3) is 3.66. The molecule has 0 atom stereocenters. The van der Waals surface area contributed by atoms with Crippen LogP contribution in [0.25, 0.3) is 6.08 Å². The molecule has 0 saturated carbocycles. The number of allylic oxidation sites excluding steroid dienone is 2. The first kappa shape index (κ1) is 15.4. The zero-order valence-corrected chi connectivity index (χ0v) is 14.1. The van der Waals surface area contributed by atoms with Gasteiger partial charge in [-0.3, -0.25) is 0 Å². The fourth-order valence-corrected chi connectivity index (χ4v) is 2.79. The van der Waals surface area contributed by atoms with Gasteiger partial charge < -0.3 is 4.84 Å². The molecule has 114 valence electrons. The third-order valence-corrected chi connectivity index (χ3v) is 3.83. The van der Waals surface area contributed by atoms with E-state index in [1.165, 1.54) is 0 Å². The molecule has 2 aromatic carbocycles. The Bertz CT molecular complexity index is 835. The molecule has 23 heavy (non-hydrogen) atoms. The fourth-order valence-electron chi connectivity index (χ4n) is 2.30. The van der Waals surface area contributed by atoms with E-state index in [1.54, 1.807) is 6.08 Å². The molecule has 1 aliphatic rings. The van der Waals surface area contributed by atoms with Gasteiger partial charge in [-0.2, -0.15) is 0 Å². The quantitative estimate of drug-likeness (QED) is 0.586. The van der Waals surface area contributed by atoms with Gasteiger partial charge >= 0.3 is 5.97 Å². The van der Waals surface area contributed by atoms with Crippen LogP contribution in [0.15, 0.2) is 75.9 Å². The molecule has 2 aromatic rings. The number of carbonyl (C=O) groups excluding carboxylic acids is 1. The van der Waals surface area contributed by atoms with Crippen molar-refractivity contribution in [3.8, 4) is 0 Å². The topological polar surface area (TPSA) is 38.7 Å². The van der Waals surface area contributed by atoms with Gasteiger partial charge in [-0.15, -0.1) is 0 Å². The third-order valence-electron chi connectivity index (χ3n) is 3.37. The molecule has 0 aromatic heterocycles. The first-order chi connectivity index (χ1) is 11.1. The molecule has 0 radical (unpaired) electrons. The van der Waals surface area contributed by atoms with Gasteiger partial charge in [-0.25, -0.2) is 4.79 Å². The summed E-state index contributed by atoms with van der Waals surface area (Å²) in [7, 11) is 0. The van der Waals surface area contributed by atoms with E-state index < -0.39 is 5.97 Å². The Labute approximate surface area is 143 Å². The average Bonchev–Trinajstić information content (AvgIpc) is 2.89. The monoisotopic (exact) mass is 367 g/mol. The van der Waals surface area contributed by atoms with Crippen LogP contribution in [-0.4, -0.2) is 11.7 Å². The van der Waals surface area contributed by atoms with Crippen molar-refractivity contribution in [2.24, 2.45) is 5.16 Å². The molecule has 0 aliphatic carbocycles. The predicted octanol–water partition coefficient (Wildman–Crippen LogP) is 4.62. The number of nitrogens with zero attached hydrogens (tertiary/aromatic N) is 1. The van der Waals surface area contributed by atoms with Crippen LogP contribution in [0, 0.1) is 6.92 Å². The predicted molar refractivity (Wildman–Crippen MR) is 95.2 cm³/mol. The van der Waals surface area contributed by atoms with Crippen LogP contribution in [-0.2, 0) is 9.63 Å². The number of halogens is 1. The van der Waals surface area contributed by atoms with Gasteiger partial charge in [0, 0.05) is 10.0 Å². The van der Waals surface area contributed by atoms with Crippen molar-refractivity contribution in [1.82, 2.24) is 0 Å². The van der Waals surface area contributed by atoms with Crippen LogP contribution in [0.2, 0.25) is 0 Å². The van der Waals surface area contributed by atoms with Crippen molar-refractivity contribution in [2.75, 3.05) is 0 Å². The number of rotatable bonds is 3. The Morgan fingerprint density at radius 2 is 1.91 bits per heavy atom. The van der Waals surface area contributed by atoms with Gasteiger partial charge in [0.1, 0.15) is 5.71 Å². The summed E-state index contributed by atoms with van der Waals surface area (Å²) in [5.41, 5.74) is 3.99. The van der Waals surface area contributed by atoms with Crippen LogP contribution in [0.5, 0.6) is 0 Å². The molecule has 1 heterocycles. The van der Waals surface area contributed by atoms with Crippen molar-refractivity contribution in [2.45, 2.75) is 6.92 Å². The van der Waals surface area contributed by atoms with Gasteiger partial charge in [0.05, 0.1) is 5.57 Å². The molecular weight excluding hydrogens is 354 g/mol. The van der Waals surface area contributed by atoms with Gasteiger partial charge in [-0.05, 0) is 30.7 Å². The summed E-state index contributed by atoms with van der Waals surface area (Å²) < 4.78 is 0.776. The van der Waals surface area contributed by atoms with Gasteiger partial charge in [0.2, 0.25) is 0 Å². The SMILES string of the molecule is Cc1cccc(C2=NOC(=O)C2=CC(Br)=Cc2ccccc2)c1. The number of aryl methyl sites for hydroxylation is 1. The summed E-state index contributed by atoms with van der Waals surface area (Å²) in [6.45, 7) is 2.00. The lowest BCUT2D eigenvalue weighted by molar-refractivity contribution is -0.136. The highest BCUT2D eigenvalue weighted by atomic mass is 79.9. The van der Waals surface area contributed by atoms with E-state index in [9.17, 15) is 4.79 Å². The highest BCUT2D eigenvalue weighted by Crippen LogP contribution is 2.23. The largest absolute Gasteiger partial charge is 0.368 e. The maximum absolute atomic E-state index is 12.0. The molecule has 0 saturated heterocycles. The number of benzene rings is 2. The second kappa shape index (κ2) is 6.75. The molecule has 1 aliphatic heterocycles. The zero-order chi connectivity index (χ0) is 16.2. The standard InChI is InChI=1S/C19H14BrNO2/c1-13-6-5-9-15(10-13)18-17(19(22)23-21-18)12-16(20)11-14-7-3-2-4-8-14/h2-12H,1H3. The van der Waals surface area contributed by atoms with E-state index in [-0.39, 0.29) is 0 Å². The van der Waals surface area contributed by atoms with E-state index >= 15 is 0 Å². The van der Waals surface area contributed by atoms with E-state index in [1.807, 2.05) is 67.6 Å². The van der Waals surface area contributed by atoms with Gasteiger partial charge in [0.25, 0.3) is 0 Å². The molecule has 0 unspecified atom stereocenters. The highest BCUT2D eigenvalue weighted by Gasteiger charge is 2.26. The molecule has 0 spiro atoms. The smallest absolute Gasteiger partial charge is 0.312 e. The first-order valence-electron chi connectivity index (χ1n) is 7.14. The minimum absolute atomic E-state index is 0.439. The van der Waals surface area contributed by atoms with E-state index in [0.717, 1.165) is 21.2 Å². The summed E-state index contributed by atoms with van der Waals surface area (Å²) in [5, 5.41) is 3.92. The maximum Gasteiger partial charge on any atom is 0.368 e. The zero-order valence-electron chi connectivity index (χ0n) is 12.5. The Hall–Kier alpha value is -2.46. The van der Waals surface area contributed by atoms with Gasteiger partial charge in [-0.1, -0.05) is 75.2 Å². The molecule has 3 rings (SSSR count). The lowest BCUT2D eigenvalue weighted by Crippen LogP contribution is -2.07. The number of oxime groups is 1. The van der Waals surface area contributed by atoms with Crippen molar-refractivity contribution in [3.05, 3.63) is 87.4 Å². The van der Waals surface area contributed by atoms with Crippen LogP contribution in [0.4, 0.5) is 0 Å². The van der Waals surface area contributed by atoms with Crippen molar-refractivity contribution < 1.29 is 9.63 Å².